The van der Waals surface area contributed by atoms with Gasteiger partial charge in [-0.25, -0.2) is 9.97 Å². The van der Waals surface area contributed by atoms with Crippen molar-refractivity contribution in [1.29, 1.82) is 0 Å². The van der Waals surface area contributed by atoms with Gasteiger partial charge in [-0.1, -0.05) is 6.07 Å². The fraction of sp³-hybridized carbons (Fsp3) is 0.133. The van der Waals surface area contributed by atoms with Crippen molar-refractivity contribution in [2.45, 2.75) is 6.92 Å². The van der Waals surface area contributed by atoms with Gasteiger partial charge in [0.15, 0.2) is 0 Å². The minimum atomic E-state index is 0.469. The molecule has 1 N–H and O–H groups in total. The van der Waals surface area contributed by atoms with Crippen molar-refractivity contribution in [2.75, 3.05) is 11.9 Å². The summed E-state index contributed by atoms with van der Waals surface area (Å²) in [4.78, 5) is 12.6. The second kappa shape index (κ2) is 6.05. The van der Waals surface area contributed by atoms with E-state index in [-0.39, 0.29) is 0 Å². The summed E-state index contributed by atoms with van der Waals surface area (Å²) >= 11 is 3.46. The van der Waals surface area contributed by atoms with E-state index in [1.54, 1.807) is 6.20 Å². The molecule has 0 saturated carbocycles. The molecule has 0 aliphatic carbocycles. The van der Waals surface area contributed by atoms with Gasteiger partial charge in [0.05, 0.1) is 5.52 Å². The van der Waals surface area contributed by atoms with Gasteiger partial charge in [-0.15, -0.1) is 0 Å². The predicted octanol–water partition coefficient (Wildman–Crippen LogP) is 4.01. The van der Waals surface area contributed by atoms with E-state index in [9.17, 15) is 0 Å². The number of rotatable bonds is 4. The van der Waals surface area contributed by atoms with Gasteiger partial charge in [0, 0.05) is 24.2 Å². The molecule has 21 heavy (non-hydrogen) atoms. The SMILES string of the molecule is CCNc1ncnc(Oc2ccc3cccnc3c2)c1Br. The molecule has 0 bridgehead atoms. The van der Waals surface area contributed by atoms with E-state index < -0.39 is 0 Å². The van der Waals surface area contributed by atoms with Gasteiger partial charge >= 0.3 is 0 Å². The summed E-state index contributed by atoms with van der Waals surface area (Å²) in [5, 5.41) is 4.21. The molecular weight excluding hydrogens is 332 g/mol. The lowest BCUT2D eigenvalue weighted by Crippen LogP contribution is -2.02. The Morgan fingerprint density at radius 2 is 2.10 bits per heavy atom. The summed E-state index contributed by atoms with van der Waals surface area (Å²) in [6.45, 7) is 2.78. The summed E-state index contributed by atoms with van der Waals surface area (Å²) in [6, 6.07) is 9.67. The van der Waals surface area contributed by atoms with E-state index >= 15 is 0 Å². The van der Waals surface area contributed by atoms with Crippen molar-refractivity contribution in [3.8, 4) is 11.6 Å². The molecule has 0 aliphatic rings. The molecule has 2 heterocycles. The highest BCUT2D eigenvalue weighted by Crippen LogP contribution is 2.32. The first-order valence-electron chi connectivity index (χ1n) is 6.55. The molecule has 0 saturated heterocycles. The Hall–Kier alpha value is -2.21. The van der Waals surface area contributed by atoms with Crippen LogP contribution in [0.5, 0.6) is 11.6 Å². The highest BCUT2D eigenvalue weighted by molar-refractivity contribution is 9.10. The summed E-state index contributed by atoms with van der Waals surface area (Å²) in [5.41, 5.74) is 0.882. The van der Waals surface area contributed by atoms with Crippen LogP contribution in [0.4, 0.5) is 5.82 Å². The van der Waals surface area contributed by atoms with Crippen molar-refractivity contribution >= 4 is 32.7 Å². The first-order chi connectivity index (χ1) is 10.3. The lowest BCUT2D eigenvalue weighted by molar-refractivity contribution is 0.459. The lowest BCUT2D eigenvalue weighted by atomic mass is 10.2. The van der Waals surface area contributed by atoms with E-state index in [1.165, 1.54) is 6.33 Å². The Balaban J connectivity index is 1.93. The van der Waals surface area contributed by atoms with Crippen LogP contribution in [0.1, 0.15) is 6.92 Å². The molecule has 3 aromatic rings. The molecule has 0 amide bonds. The number of hydrogen-bond donors (Lipinski definition) is 1. The van der Waals surface area contributed by atoms with E-state index in [0.717, 1.165) is 17.4 Å². The van der Waals surface area contributed by atoms with Crippen LogP contribution in [0.2, 0.25) is 0 Å². The number of pyridine rings is 1. The van der Waals surface area contributed by atoms with Crippen LogP contribution < -0.4 is 10.1 Å². The molecule has 5 nitrogen and oxygen atoms in total. The van der Waals surface area contributed by atoms with Crippen molar-refractivity contribution in [3.05, 3.63) is 47.3 Å². The summed E-state index contributed by atoms with van der Waals surface area (Å²) in [5.74, 6) is 1.86. The van der Waals surface area contributed by atoms with E-state index in [1.807, 2.05) is 37.3 Å². The normalized spacial score (nSPS) is 10.6. The molecule has 106 valence electrons. The summed E-state index contributed by atoms with van der Waals surface area (Å²) in [7, 11) is 0. The topological polar surface area (TPSA) is 59.9 Å². The van der Waals surface area contributed by atoms with Gasteiger partial charge in [0.1, 0.15) is 22.4 Å². The van der Waals surface area contributed by atoms with Crippen LogP contribution in [0.3, 0.4) is 0 Å². The standard InChI is InChI=1S/C15H13BrN4O/c1-2-17-14-13(16)15(20-9-19-14)21-11-6-5-10-4-3-7-18-12(10)8-11/h3-9H,2H2,1H3,(H,17,19,20). The van der Waals surface area contributed by atoms with Gasteiger partial charge in [-0.2, -0.15) is 0 Å². The number of halogens is 1. The zero-order chi connectivity index (χ0) is 14.7. The maximum atomic E-state index is 5.83. The second-order valence-electron chi connectivity index (χ2n) is 4.33. The molecule has 1 aromatic carbocycles. The summed E-state index contributed by atoms with van der Waals surface area (Å²) < 4.78 is 6.53. The molecule has 0 fully saturated rings. The highest BCUT2D eigenvalue weighted by Gasteiger charge is 2.10. The molecule has 0 unspecified atom stereocenters. The monoisotopic (exact) mass is 344 g/mol. The molecular formula is C15H13BrN4O. The maximum Gasteiger partial charge on any atom is 0.238 e. The number of anilines is 1. The Morgan fingerprint density at radius 3 is 2.95 bits per heavy atom. The van der Waals surface area contributed by atoms with Gasteiger partial charge in [-0.3, -0.25) is 4.98 Å². The average Bonchev–Trinajstić information content (AvgIpc) is 2.51. The van der Waals surface area contributed by atoms with Gasteiger partial charge in [-0.05, 0) is 41.1 Å². The zero-order valence-electron chi connectivity index (χ0n) is 11.4. The van der Waals surface area contributed by atoms with Crippen LogP contribution in [-0.4, -0.2) is 21.5 Å². The van der Waals surface area contributed by atoms with Crippen molar-refractivity contribution < 1.29 is 4.74 Å². The van der Waals surface area contributed by atoms with E-state index in [2.05, 4.69) is 36.2 Å². The maximum absolute atomic E-state index is 5.83. The Bertz CT molecular complexity index is 778. The Morgan fingerprint density at radius 1 is 1.19 bits per heavy atom. The first-order valence-corrected chi connectivity index (χ1v) is 7.34. The van der Waals surface area contributed by atoms with E-state index in [0.29, 0.717) is 21.9 Å². The average molecular weight is 345 g/mol. The third-order valence-corrected chi connectivity index (χ3v) is 3.61. The molecule has 0 spiro atoms. The number of ether oxygens (including phenoxy) is 1. The minimum Gasteiger partial charge on any atom is -0.438 e. The number of benzene rings is 1. The first kappa shape index (κ1) is 13.8. The number of hydrogen-bond acceptors (Lipinski definition) is 5. The number of nitrogens with one attached hydrogen (secondary N) is 1. The van der Waals surface area contributed by atoms with Crippen LogP contribution in [0.25, 0.3) is 10.9 Å². The highest BCUT2D eigenvalue weighted by atomic mass is 79.9. The molecule has 2 aromatic heterocycles. The van der Waals surface area contributed by atoms with E-state index in [4.69, 9.17) is 4.74 Å². The quantitative estimate of drug-likeness (QED) is 0.774. The fourth-order valence-electron chi connectivity index (χ4n) is 1.94. The van der Waals surface area contributed by atoms with Crippen LogP contribution in [0, 0.1) is 0 Å². The Labute approximate surface area is 130 Å². The zero-order valence-corrected chi connectivity index (χ0v) is 13.0. The number of aromatic nitrogens is 3. The molecule has 0 atom stereocenters. The van der Waals surface area contributed by atoms with Crippen LogP contribution in [-0.2, 0) is 0 Å². The summed E-state index contributed by atoms with van der Waals surface area (Å²) in [6.07, 6.45) is 3.23. The van der Waals surface area contributed by atoms with Crippen molar-refractivity contribution in [3.63, 3.8) is 0 Å². The lowest BCUT2D eigenvalue weighted by Gasteiger charge is -2.10. The van der Waals surface area contributed by atoms with Crippen LogP contribution in [0.15, 0.2) is 47.3 Å². The predicted molar refractivity (Wildman–Crippen MR) is 85.7 cm³/mol. The van der Waals surface area contributed by atoms with Crippen molar-refractivity contribution in [1.82, 2.24) is 15.0 Å². The third-order valence-electron chi connectivity index (χ3n) is 2.89. The van der Waals surface area contributed by atoms with Gasteiger partial charge < -0.3 is 10.1 Å². The number of nitrogens with zero attached hydrogens (tertiary/aromatic N) is 3. The smallest absolute Gasteiger partial charge is 0.238 e. The Kier molecular flexibility index (Phi) is 3.96. The largest absolute Gasteiger partial charge is 0.438 e. The minimum absolute atomic E-state index is 0.469. The third kappa shape index (κ3) is 2.95. The molecule has 6 heteroatoms. The van der Waals surface area contributed by atoms with Crippen LogP contribution >= 0.6 is 15.9 Å². The second-order valence-corrected chi connectivity index (χ2v) is 5.12. The molecule has 0 radical (unpaired) electrons. The van der Waals surface area contributed by atoms with Crippen molar-refractivity contribution in [2.24, 2.45) is 0 Å². The fourth-order valence-corrected chi connectivity index (χ4v) is 2.36. The van der Waals surface area contributed by atoms with Gasteiger partial charge in [0.2, 0.25) is 5.88 Å². The van der Waals surface area contributed by atoms with Gasteiger partial charge in [0.25, 0.3) is 0 Å². The molecule has 3 rings (SSSR count). The number of fused-ring (bicyclic) bond motifs is 1. The molecule has 0 aliphatic heterocycles.